The highest BCUT2D eigenvalue weighted by Crippen LogP contribution is 2.19. The zero-order valence-corrected chi connectivity index (χ0v) is 14.2. The maximum absolute atomic E-state index is 12.3. The Hall–Kier alpha value is -3.08. The van der Waals surface area contributed by atoms with Crippen molar-refractivity contribution >= 4 is 5.91 Å². The van der Waals surface area contributed by atoms with Gasteiger partial charge in [0.05, 0.1) is 12.4 Å². The lowest BCUT2D eigenvalue weighted by Crippen LogP contribution is -2.22. The Balaban J connectivity index is 1.61. The van der Waals surface area contributed by atoms with Crippen molar-refractivity contribution in [3.05, 3.63) is 72.2 Å². The fourth-order valence-electron chi connectivity index (χ4n) is 2.40. The van der Waals surface area contributed by atoms with Gasteiger partial charge in [-0.05, 0) is 61.9 Å². The number of carbonyl (C=O) groups is 1. The number of carbonyl (C=O) groups excluding carboxylic acids is 1. The zero-order chi connectivity index (χ0) is 17.6. The van der Waals surface area contributed by atoms with E-state index in [0.717, 1.165) is 22.6 Å². The Labute approximate surface area is 146 Å². The van der Waals surface area contributed by atoms with Crippen LogP contribution in [0.5, 0.6) is 5.75 Å². The van der Waals surface area contributed by atoms with E-state index >= 15 is 0 Å². The molecule has 0 saturated heterocycles. The molecule has 1 amide bonds. The minimum Gasteiger partial charge on any atom is -0.491 e. The molecule has 1 aromatic carbocycles. The van der Waals surface area contributed by atoms with Crippen LogP contribution in [0.1, 0.15) is 29.8 Å². The maximum Gasteiger partial charge on any atom is 0.251 e. The van der Waals surface area contributed by atoms with Crippen molar-refractivity contribution in [2.45, 2.75) is 26.5 Å². The van der Waals surface area contributed by atoms with E-state index in [1.165, 1.54) is 0 Å². The number of benzene rings is 1. The number of ether oxygens (including phenoxy) is 1. The van der Waals surface area contributed by atoms with E-state index in [-0.39, 0.29) is 12.0 Å². The van der Waals surface area contributed by atoms with Crippen molar-refractivity contribution in [3.8, 4) is 17.1 Å². The Morgan fingerprint density at radius 2 is 2.00 bits per heavy atom. The number of nitrogens with zero attached hydrogens (tertiary/aromatic N) is 1. The van der Waals surface area contributed by atoms with Crippen molar-refractivity contribution in [2.75, 3.05) is 0 Å². The molecule has 1 N–H and O–H groups in total. The predicted molar refractivity (Wildman–Crippen MR) is 95.3 cm³/mol. The molecule has 0 fully saturated rings. The number of aromatic nitrogens is 1. The molecule has 0 spiro atoms. The topological polar surface area (TPSA) is 64.4 Å². The monoisotopic (exact) mass is 336 g/mol. The van der Waals surface area contributed by atoms with Gasteiger partial charge in [0.25, 0.3) is 5.91 Å². The minimum atomic E-state index is -0.139. The summed E-state index contributed by atoms with van der Waals surface area (Å²) in [4.78, 5) is 16.5. The van der Waals surface area contributed by atoms with Gasteiger partial charge in [0, 0.05) is 30.1 Å². The maximum atomic E-state index is 12.3. The van der Waals surface area contributed by atoms with Crippen molar-refractivity contribution in [1.29, 1.82) is 0 Å². The largest absolute Gasteiger partial charge is 0.491 e. The minimum absolute atomic E-state index is 0.105. The second-order valence-corrected chi connectivity index (χ2v) is 5.93. The van der Waals surface area contributed by atoms with E-state index in [2.05, 4.69) is 10.3 Å². The Morgan fingerprint density at radius 1 is 1.20 bits per heavy atom. The zero-order valence-electron chi connectivity index (χ0n) is 14.2. The van der Waals surface area contributed by atoms with Crippen molar-refractivity contribution in [3.63, 3.8) is 0 Å². The van der Waals surface area contributed by atoms with Crippen LogP contribution in [-0.2, 0) is 6.54 Å². The fourth-order valence-corrected chi connectivity index (χ4v) is 2.40. The van der Waals surface area contributed by atoms with E-state index in [4.69, 9.17) is 9.15 Å². The number of furan rings is 1. The standard InChI is InChI=1S/C20H20N2O3/c1-14(2)25-18-7-5-16(6-8-18)20(23)22-12-15-10-17(13-21-11-15)19-4-3-9-24-19/h3-11,13-14H,12H2,1-2H3,(H,22,23). The summed E-state index contributed by atoms with van der Waals surface area (Å²) in [6, 6.07) is 12.8. The van der Waals surface area contributed by atoms with Gasteiger partial charge in [-0.3, -0.25) is 9.78 Å². The molecule has 0 unspecified atom stereocenters. The van der Waals surface area contributed by atoms with Gasteiger partial charge in [0.15, 0.2) is 0 Å². The molecule has 0 aliphatic heterocycles. The summed E-state index contributed by atoms with van der Waals surface area (Å²) in [5.41, 5.74) is 2.38. The molecular formula is C20H20N2O3. The molecule has 128 valence electrons. The number of rotatable bonds is 6. The van der Waals surface area contributed by atoms with Crippen LogP contribution in [0, 0.1) is 0 Å². The molecule has 0 aliphatic carbocycles. The van der Waals surface area contributed by atoms with E-state index < -0.39 is 0 Å². The first kappa shape index (κ1) is 16.8. The molecule has 2 aromatic heterocycles. The number of hydrogen-bond acceptors (Lipinski definition) is 4. The van der Waals surface area contributed by atoms with Crippen LogP contribution in [-0.4, -0.2) is 17.0 Å². The van der Waals surface area contributed by atoms with Gasteiger partial charge in [0.2, 0.25) is 0 Å². The number of hydrogen-bond donors (Lipinski definition) is 1. The first-order chi connectivity index (χ1) is 12.1. The third-order valence-electron chi connectivity index (χ3n) is 3.54. The Kier molecular flexibility index (Phi) is 5.14. The molecule has 3 aromatic rings. The van der Waals surface area contributed by atoms with Crippen molar-refractivity contribution in [2.24, 2.45) is 0 Å². The Morgan fingerprint density at radius 3 is 2.68 bits per heavy atom. The van der Waals surface area contributed by atoms with Crippen LogP contribution in [0.4, 0.5) is 0 Å². The summed E-state index contributed by atoms with van der Waals surface area (Å²) in [6.07, 6.45) is 5.19. The van der Waals surface area contributed by atoms with Gasteiger partial charge in [-0.2, -0.15) is 0 Å². The fraction of sp³-hybridized carbons (Fsp3) is 0.200. The molecule has 3 rings (SSSR count). The van der Waals surface area contributed by atoms with E-state index in [1.54, 1.807) is 42.9 Å². The quantitative estimate of drug-likeness (QED) is 0.737. The molecule has 0 saturated carbocycles. The Bertz CT molecular complexity index is 824. The van der Waals surface area contributed by atoms with Gasteiger partial charge in [0.1, 0.15) is 11.5 Å². The van der Waals surface area contributed by atoms with E-state index in [1.807, 2.05) is 32.0 Å². The van der Waals surface area contributed by atoms with Crippen molar-refractivity contribution < 1.29 is 13.9 Å². The molecule has 0 radical (unpaired) electrons. The molecule has 25 heavy (non-hydrogen) atoms. The number of amides is 1. The number of pyridine rings is 1. The van der Waals surface area contributed by atoms with Gasteiger partial charge in [-0.25, -0.2) is 0 Å². The smallest absolute Gasteiger partial charge is 0.251 e. The molecule has 0 bridgehead atoms. The van der Waals surface area contributed by atoms with Gasteiger partial charge in [-0.1, -0.05) is 0 Å². The summed E-state index contributed by atoms with van der Waals surface area (Å²) in [6.45, 7) is 4.32. The SMILES string of the molecule is CC(C)Oc1ccc(C(=O)NCc2cncc(-c3ccco3)c2)cc1. The lowest BCUT2D eigenvalue weighted by molar-refractivity contribution is 0.0951. The van der Waals surface area contributed by atoms with Crippen LogP contribution in [0.25, 0.3) is 11.3 Å². The lowest BCUT2D eigenvalue weighted by Gasteiger charge is -2.10. The number of nitrogens with one attached hydrogen (secondary N) is 1. The highest BCUT2D eigenvalue weighted by atomic mass is 16.5. The molecule has 0 atom stereocenters. The van der Waals surface area contributed by atoms with Gasteiger partial charge < -0.3 is 14.5 Å². The molecular weight excluding hydrogens is 316 g/mol. The molecule has 2 heterocycles. The van der Waals surface area contributed by atoms with E-state index in [9.17, 15) is 4.79 Å². The first-order valence-electron chi connectivity index (χ1n) is 8.14. The molecule has 5 nitrogen and oxygen atoms in total. The van der Waals surface area contributed by atoms with Crippen LogP contribution < -0.4 is 10.1 Å². The normalized spacial score (nSPS) is 10.7. The molecule has 5 heteroatoms. The average molecular weight is 336 g/mol. The summed E-state index contributed by atoms with van der Waals surface area (Å²) in [7, 11) is 0. The summed E-state index contributed by atoms with van der Waals surface area (Å²) >= 11 is 0. The highest BCUT2D eigenvalue weighted by molar-refractivity contribution is 5.94. The third kappa shape index (κ3) is 4.47. The predicted octanol–water partition coefficient (Wildman–Crippen LogP) is 4.06. The summed E-state index contributed by atoms with van der Waals surface area (Å²) in [5.74, 6) is 1.36. The van der Waals surface area contributed by atoms with Gasteiger partial charge in [-0.15, -0.1) is 0 Å². The third-order valence-corrected chi connectivity index (χ3v) is 3.54. The molecule has 0 aliphatic rings. The van der Waals surface area contributed by atoms with Crippen LogP contribution >= 0.6 is 0 Å². The van der Waals surface area contributed by atoms with Gasteiger partial charge >= 0.3 is 0 Å². The second-order valence-electron chi connectivity index (χ2n) is 5.93. The van der Waals surface area contributed by atoms with Crippen LogP contribution in [0.2, 0.25) is 0 Å². The van der Waals surface area contributed by atoms with Crippen LogP contribution in [0.15, 0.2) is 65.5 Å². The second kappa shape index (κ2) is 7.66. The average Bonchev–Trinajstić information content (AvgIpc) is 3.15. The highest BCUT2D eigenvalue weighted by Gasteiger charge is 2.08. The lowest BCUT2D eigenvalue weighted by atomic mass is 10.1. The van der Waals surface area contributed by atoms with Crippen molar-refractivity contribution in [1.82, 2.24) is 10.3 Å². The summed E-state index contributed by atoms with van der Waals surface area (Å²) < 4.78 is 10.9. The first-order valence-corrected chi connectivity index (χ1v) is 8.14. The summed E-state index contributed by atoms with van der Waals surface area (Å²) in [5, 5.41) is 2.90. The van der Waals surface area contributed by atoms with E-state index in [0.29, 0.717) is 12.1 Å². The van der Waals surface area contributed by atoms with Crippen LogP contribution in [0.3, 0.4) is 0 Å².